The lowest BCUT2D eigenvalue weighted by atomic mass is 10.1. The van der Waals surface area contributed by atoms with Crippen LogP contribution in [0.5, 0.6) is 5.75 Å². The molecule has 0 aliphatic heterocycles. The minimum atomic E-state index is -0.710. The van der Waals surface area contributed by atoms with Gasteiger partial charge >= 0.3 is 0 Å². The van der Waals surface area contributed by atoms with E-state index in [2.05, 4.69) is 0 Å². The number of hydrogen-bond acceptors (Lipinski definition) is 3. The van der Waals surface area contributed by atoms with E-state index in [1.807, 2.05) is 0 Å². The third kappa shape index (κ3) is 2.46. The van der Waals surface area contributed by atoms with Gasteiger partial charge in [0.25, 0.3) is 5.91 Å². The van der Waals surface area contributed by atoms with Gasteiger partial charge in [-0.1, -0.05) is 0 Å². The van der Waals surface area contributed by atoms with Crippen LogP contribution in [0.15, 0.2) is 18.2 Å². The standard InChI is InChI=1S/C13H17FN2O2/c1-16(12(7-15)8-2-3-8)13(18)10-5-4-9(17)6-11(10)14/h4-6,8,12,17H,2-3,7,15H2,1H3. The summed E-state index contributed by atoms with van der Waals surface area (Å²) in [5, 5.41) is 9.13. The average Bonchev–Trinajstić information content (AvgIpc) is 3.13. The lowest BCUT2D eigenvalue weighted by Crippen LogP contribution is -2.43. The van der Waals surface area contributed by atoms with Crippen molar-refractivity contribution in [3.8, 4) is 5.75 Å². The number of rotatable bonds is 4. The molecular formula is C13H17FN2O2. The monoisotopic (exact) mass is 252 g/mol. The van der Waals surface area contributed by atoms with Gasteiger partial charge < -0.3 is 15.7 Å². The molecule has 1 aromatic rings. The molecule has 1 aliphatic carbocycles. The van der Waals surface area contributed by atoms with Crippen molar-refractivity contribution in [2.24, 2.45) is 11.7 Å². The van der Waals surface area contributed by atoms with Gasteiger partial charge in [0, 0.05) is 25.7 Å². The molecule has 0 radical (unpaired) electrons. The summed E-state index contributed by atoms with van der Waals surface area (Å²) in [4.78, 5) is 13.7. The fourth-order valence-corrected chi connectivity index (χ4v) is 2.17. The molecule has 4 nitrogen and oxygen atoms in total. The summed E-state index contributed by atoms with van der Waals surface area (Å²) in [5.41, 5.74) is 5.63. The van der Waals surface area contributed by atoms with Crippen molar-refractivity contribution < 1.29 is 14.3 Å². The molecule has 1 aromatic carbocycles. The first-order chi connectivity index (χ1) is 8.54. The van der Waals surface area contributed by atoms with Crippen molar-refractivity contribution in [2.75, 3.05) is 13.6 Å². The number of nitrogens with two attached hydrogens (primary N) is 1. The molecule has 1 fully saturated rings. The molecule has 98 valence electrons. The van der Waals surface area contributed by atoms with Crippen LogP contribution in [0.2, 0.25) is 0 Å². The molecule has 0 bridgehead atoms. The average molecular weight is 252 g/mol. The Morgan fingerprint density at radius 2 is 2.28 bits per heavy atom. The first-order valence-corrected chi connectivity index (χ1v) is 6.00. The molecule has 18 heavy (non-hydrogen) atoms. The van der Waals surface area contributed by atoms with Gasteiger partial charge in [0.15, 0.2) is 0 Å². The number of nitrogens with zero attached hydrogens (tertiary/aromatic N) is 1. The van der Waals surface area contributed by atoms with Gasteiger partial charge in [-0.3, -0.25) is 4.79 Å². The van der Waals surface area contributed by atoms with Gasteiger partial charge in [-0.2, -0.15) is 0 Å². The predicted molar refractivity (Wildman–Crippen MR) is 65.7 cm³/mol. The molecule has 0 aromatic heterocycles. The van der Waals surface area contributed by atoms with Gasteiger partial charge in [0.05, 0.1) is 5.56 Å². The number of aromatic hydroxyl groups is 1. The fraction of sp³-hybridized carbons (Fsp3) is 0.462. The van der Waals surface area contributed by atoms with Crippen molar-refractivity contribution in [1.29, 1.82) is 0 Å². The summed E-state index contributed by atoms with van der Waals surface area (Å²) < 4.78 is 13.6. The first-order valence-electron chi connectivity index (χ1n) is 6.00. The van der Waals surface area contributed by atoms with Crippen LogP contribution in [0.4, 0.5) is 4.39 Å². The van der Waals surface area contributed by atoms with Crippen LogP contribution in [-0.2, 0) is 0 Å². The van der Waals surface area contributed by atoms with Crippen LogP contribution in [0.3, 0.4) is 0 Å². The van der Waals surface area contributed by atoms with Crippen LogP contribution in [0.1, 0.15) is 23.2 Å². The van der Waals surface area contributed by atoms with E-state index < -0.39 is 11.7 Å². The van der Waals surface area contributed by atoms with Crippen LogP contribution < -0.4 is 5.73 Å². The molecular weight excluding hydrogens is 235 g/mol. The molecule has 0 heterocycles. The summed E-state index contributed by atoms with van der Waals surface area (Å²) in [7, 11) is 1.64. The lowest BCUT2D eigenvalue weighted by molar-refractivity contribution is 0.0714. The van der Waals surface area contributed by atoms with Crippen molar-refractivity contribution in [1.82, 2.24) is 4.90 Å². The van der Waals surface area contributed by atoms with E-state index in [9.17, 15) is 9.18 Å². The normalized spacial score (nSPS) is 16.4. The van der Waals surface area contributed by atoms with E-state index in [0.29, 0.717) is 12.5 Å². The summed E-state index contributed by atoms with van der Waals surface area (Å²) in [6.45, 7) is 0.382. The summed E-state index contributed by atoms with van der Waals surface area (Å²) in [5.74, 6) is -0.860. The van der Waals surface area contributed by atoms with Gasteiger partial charge in [0.2, 0.25) is 0 Å². The Morgan fingerprint density at radius 1 is 1.61 bits per heavy atom. The van der Waals surface area contributed by atoms with Crippen LogP contribution in [0.25, 0.3) is 0 Å². The number of hydrogen-bond donors (Lipinski definition) is 2. The maximum atomic E-state index is 13.6. The molecule has 1 amide bonds. The molecule has 1 atom stereocenters. The first kappa shape index (κ1) is 12.8. The number of halogens is 1. The van der Waals surface area contributed by atoms with E-state index in [-0.39, 0.29) is 17.4 Å². The zero-order valence-corrected chi connectivity index (χ0v) is 10.3. The zero-order valence-electron chi connectivity index (χ0n) is 10.3. The number of phenols is 1. The SMILES string of the molecule is CN(C(=O)c1ccc(O)cc1F)C(CN)C1CC1. The van der Waals surface area contributed by atoms with Crippen molar-refractivity contribution in [3.63, 3.8) is 0 Å². The summed E-state index contributed by atoms with van der Waals surface area (Å²) >= 11 is 0. The van der Waals surface area contributed by atoms with E-state index in [1.165, 1.54) is 17.0 Å². The maximum Gasteiger partial charge on any atom is 0.256 e. The highest BCUT2D eigenvalue weighted by Gasteiger charge is 2.35. The van der Waals surface area contributed by atoms with Crippen molar-refractivity contribution >= 4 is 5.91 Å². The second-order valence-electron chi connectivity index (χ2n) is 4.72. The number of amides is 1. The molecule has 0 saturated heterocycles. The van der Waals surface area contributed by atoms with Crippen molar-refractivity contribution in [3.05, 3.63) is 29.6 Å². The Bertz CT molecular complexity index is 460. The molecule has 1 aliphatic rings. The molecule has 3 N–H and O–H groups in total. The molecule has 1 saturated carbocycles. The van der Waals surface area contributed by atoms with Crippen LogP contribution in [0, 0.1) is 11.7 Å². The number of benzene rings is 1. The molecule has 0 spiro atoms. The Hall–Kier alpha value is -1.62. The largest absolute Gasteiger partial charge is 0.508 e. The maximum absolute atomic E-state index is 13.6. The molecule has 5 heteroatoms. The minimum Gasteiger partial charge on any atom is -0.508 e. The Morgan fingerprint density at radius 3 is 2.78 bits per heavy atom. The van der Waals surface area contributed by atoms with Crippen LogP contribution >= 0.6 is 0 Å². The van der Waals surface area contributed by atoms with Gasteiger partial charge in [-0.25, -0.2) is 4.39 Å². The summed E-state index contributed by atoms with van der Waals surface area (Å²) in [6.07, 6.45) is 2.13. The number of carbonyl (C=O) groups excluding carboxylic acids is 1. The smallest absolute Gasteiger partial charge is 0.256 e. The third-order valence-corrected chi connectivity index (χ3v) is 3.41. The quantitative estimate of drug-likeness (QED) is 0.849. The molecule has 1 unspecified atom stereocenters. The highest BCUT2D eigenvalue weighted by molar-refractivity contribution is 5.94. The highest BCUT2D eigenvalue weighted by Crippen LogP contribution is 2.35. The minimum absolute atomic E-state index is 0.0330. The van der Waals surface area contributed by atoms with Crippen LogP contribution in [-0.4, -0.2) is 35.5 Å². The Balaban J connectivity index is 2.19. The second-order valence-corrected chi connectivity index (χ2v) is 4.72. The number of carbonyl (C=O) groups is 1. The van der Waals surface area contributed by atoms with Crippen molar-refractivity contribution in [2.45, 2.75) is 18.9 Å². The fourth-order valence-electron chi connectivity index (χ4n) is 2.17. The summed E-state index contributed by atoms with van der Waals surface area (Å²) in [6, 6.07) is 3.50. The van der Waals surface area contributed by atoms with E-state index >= 15 is 0 Å². The third-order valence-electron chi connectivity index (χ3n) is 3.41. The lowest BCUT2D eigenvalue weighted by Gasteiger charge is -2.27. The zero-order chi connectivity index (χ0) is 13.3. The Labute approximate surface area is 105 Å². The van der Waals surface area contributed by atoms with Gasteiger partial charge in [-0.05, 0) is 30.9 Å². The number of phenolic OH excluding ortho intramolecular Hbond substituents is 1. The topological polar surface area (TPSA) is 66.6 Å². The van der Waals surface area contributed by atoms with E-state index in [0.717, 1.165) is 18.9 Å². The predicted octanol–water partition coefficient (Wildman–Crippen LogP) is 1.34. The number of likely N-dealkylation sites (N-methyl/N-ethyl adjacent to an activating group) is 1. The van der Waals surface area contributed by atoms with E-state index in [4.69, 9.17) is 10.8 Å². The highest BCUT2D eigenvalue weighted by atomic mass is 19.1. The second kappa shape index (κ2) is 4.94. The van der Waals surface area contributed by atoms with Gasteiger partial charge in [-0.15, -0.1) is 0 Å². The van der Waals surface area contributed by atoms with Gasteiger partial charge in [0.1, 0.15) is 11.6 Å². The Kier molecular flexibility index (Phi) is 3.52. The van der Waals surface area contributed by atoms with E-state index in [1.54, 1.807) is 7.05 Å². The molecule has 2 rings (SSSR count).